The molecule has 1 heterocycles. The monoisotopic (exact) mass is 196 g/mol. The van der Waals surface area contributed by atoms with Crippen LogP contribution in [0.2, 0.25) is 0 Å². The minimum absolute atomic E-state index is 0.392. The van der Waals surface area contributed by atoms with Gasteiger partial charge in [-0.15, -0.1) is 0 Å². The highest BCUT2D eigenvalue weighted by Gasteiger charge is 2.27. The molecule has 0 unspecified atom stereocenters. The van der Waals surface area contributed by atoms with E-state index in [0.717, 1.165) is 19.5 Å². The van der Waals surface area contributed by atoms with Crippen LogP contribution in [0, 0.1) is 5.92 Å². The first kappa shape index (κ1) is 9.59. The highest BCUT2D eigenvalue weighted by molar-refractivity contribution is 6.14. The van der Waals surface area contributed by atoms with E-state index in [1.54, 1.807) is 4.42 Å². The van der Waals surface area contributed by atoms with Crippen molar-refractivity contribution < 1.29 is 0 Å². The molecule has 2 nitrogen and oxygen atoms in total. The summed E-state index contributed by atoms with van der Waals surface area (Å²) in [5.41, 5.74) is 0. The molecule has 1 fully saturated rings. The predicted octanol–water partition coefficient (Wildman–Crippen LogP) is 1.94. The van der Waals surface area contributed by atoms with Gasteiger partial charge in [0.2, 0.25) is 0 Å². The number of hydrogen-bond acceptors (Lipinski definition) is 2. The molecule has 1 aliphatic rings. The summed E-state index contributed by atoms with van der Waals surface area (Å²) >= 11 is 11.7. The zero-order valence-corrected chi connectivity index (χ0v) is 8.44. The van der Waals surface area contributed by atoms with Crippen LogP contribution in [-0.4, -0.2) is 35.0 Å². The van der Waals surface area contributed by atoms with Gasteiger partial charge in [-0.05, 0) is 35.9 Å². The van der Waals surface area contributed by atoms with Crippen molar-refractivity contribution in [3.63, 3.8) is 0 Å². The first-order valence-electron chi connectivity index (χ1n) is 3.90. The van der Waals surface area contributed by atoms with Crippen molar-refractivity contribution >= 4 is 23.6 Å². The van der Waals surface area contributed by atoms with E-state index in [4.69, 9.17) is 23.6 Å². The van der Waals surface area contributed by atoms with Gasteiger partial charge in [-0.25, -0.2) is 8.84 Å². The molecule has 0 amide bonds. The minimum Gasteiger partial charge on any atom is -0.219 e. The van der Waals surface area contributed by atoms with Crippen molar-refractivity contribution in [2.45, 2.75) is 19.4 Å². The van der Waals surface area contributed by atoms with Gasteiger partial charge in [-0.1, -0.05) is 6.92 Å². The molecule has 0 bridgehead atoms. The van der Waals surface area contributed by atoms with E-state index in [0.29, 0.717) is 12.0 Å². The fraction of sp³-hybridized carbons (Fsp3) is 1.00. The highest BCUT2D eigenvalue weighted by atomic mass is 35.5. The Kier molecular flexibility index (Phi) is 3.44. The van der Waals surface area contributed by atoms with E-state index >= 15 is 0 Å². The first-order valence-corrected chi connectivity index (χ1v) is 4.58. The summed E-state index contributed by atoms with van der Waals surface area (Å²) in [4.78, 5) is 0. The lowest BCUT2D eigenvalue weighted by Gasteiger charge is -2.35. The van der Waals surface area contributed by atoms with Crippen LogP contribution in [0.3, 0.4) is 0 Å². The fourth-order valence-electron chi connectivity index (χ4n) is 1.47. The minimum atomic E-state index is 0.392. The largest absolute Gasteiger partial charge is 0.219 e. The Bertz CT molecular complexity index is 130. The summed E-state index contributed by atoms with van der Waals surface area (Å²) in [7, 11) is 1.89. The van der Waals surface area contributed by atoms with Gasteiger partial charge >= 0.3 is 0 Å². The van der Waals surface area contributed by atoms with Gasteiger partial charge in [-0.3, -0.25) is 0 Å². The van der Waals surface area contributed by atoms with Crippen LogP contribution in [0.25, 0.3) is 0 Å². The second kappa shape index (κ2) is 3.94. The Morgan fingerprint density at radius 2 is 2.18 bits per heavy atom. The van der Waals surface area contributed by atoms with Crippen LogP contribution in [0.1, 0.15) is 13.3 Å². The first-order chi connectivity index (χ1) is 5.11. The SMILES string of the molecule is C[C@@H]1CCN(Cl)C[C@@H]1N(C)Cl. The van der Waals surface area contributed by atoms with Crippen molar-refractivity contribution in [2.24, 2.45) is 5.92 Å². The third-order valence-corrected chi connectivity index (χ3v) is 2.88. The molecule has 0 aromatic heterocycles. The third kappa shape index (κ3) is 2.48. The molecular weight excluding hydrogens is 183 g/mol. The van der Waals surface area contributed by atoms with Gasteiger partial charge in [0.05, 0.1) is 0 Å². The van der Waals surface area contributed by atoms with Gasteiger partial charge in [0.1, 0.15) is 0 Å². The van der Waals surface area contributed by atoms with Crippen LogP contribution in [0.4, 0.5) is 0 Å². The molecule has 66 valence electrons. The number of piperidine rings is 1. The molecule has 2 atom stereocenters. The third-order valence-electron chi connectivity index (χ3n) is 2.33. The van der Waals surface area contributed by atoms with E-state index in [2.05, 4.69) is 6.92 Å². The maximum absolute atomic E-state index is 5.87. The Balaban J connectivity index is 2.47. The lowest BCUT2D eigenvalue weighted by Crippen LogP contribution is -2.44. The maximum Gasteiger partial charge on any atom is 0.0414 e. The lowest BCUT2D eigenvalue weighted by atomic mass is 9.95. The Morgan fingerprint density at radius 1 is 1.55 bits per heavy atom. The second-order valence-electron chi connectivity index (χ2n) is 3.23. The average molecular weight is 197 g/mol. The number of halogens is 2. The molecule has 0 spiro atoms. The van der Waals surface area contributed by atoms with Crippen LogP contribution in [0.15, 0.2) is 0 Å². The van der Waals surface area contributed by atoms with E-state index < -0.39 is 0 Å². The summed E-state index contributed by atoms with van der Waals surface area (Å²) in [6, 6.07) is 0.392. The van der Waals surface area contributed by atoms with Crippen molar-refractivity contribution in [2.75, 3.05) is 20.1 Å². The standard InChI is InChI=1S/C7H14Cl2N2/c1-6-3-4-11(9)5-7(6)10(2)8/h6-7H,3-5H2,1-2H3/t6-,7+/m1/s1. The van der Waals surface area contributed by atoms with E-state index in [9.17, 15) is 0 Å². The smallest absolute Gasteiger partial charge is 0.0414 e. The topological polar surface area (TPSA) is 6.48 Å². The summed E-state index contributed by atoms with van der Waals surface area (Å²) in [5.74, 6) is 0.646. The maximum atomic E-state index is 5.87. The molecule has 1 aliphatic heterocycles. The Morgan fingerprint density at radius 3 is 2.64 bits per heavy atom. The predicted molar refractivity (Wildman–Crippen MR) is 48.6 cm³/mol. The molecule has 4 heteroatoms. The van der Waals surface area contributed by atoms with Crippen molar-refractivity contribution in [3.8, 4) is 0 Å². The summed E-state index contributed by atoms with van der Waals surface area (Å²) in [6.45, 7) is 4.06. The summed E-state index contributed by atoms with van der Waals surface area (Å²) in [5, 5.41) is 0. The lowest BCUT2D eigenvalue weighted by molar-refractivity contribution is 0.179. The van der Waals surface area contributed by atoms with Crippen LogP contribution in [-0.2, 0) is 0 Å². The molecule has 0 aromatic rings. The average Bonchev–Trinajstić information content (AvgIpc) is 1.94. The number of nitrogens with zero attached hydrogens (tertiary/aromatic N) is 2. The van der Waals surface area contributed by atoms with Crippen LogP contribution in [0.5, 0.6) is 0 Å². The molecule has 1 rings (SSSR count). The summed E-state index contributed by atoms with van der Waals surface area (Å²) < 4.78 is 3.54. The molecule has 0 N–H and O–H groups in total. The van der Waals surface area contributed by atoms with Crippen LogP contribution >= 0.6 is 23.6 Å². The zero-order chi connectivity index (χ0) is 8.43. The van der Waals surface area contributed by atoms with Crippen LogP contribution < -0.4 is 0 Å². The normalized spacial score (nSPS) is 34.6. The molecule has 1 saturated heterocycles. The van der Waals surface area contributed by atoms with Crippen molar-refractivity contribution in [1.82, 2.24) is 8.84 Å². The Hall–Kier alpha value is 0.500. The van der Waals surface area contributed by atoms with E-state index in [-0.39, 0.29) is 0 Å². The van der Waals surface area contributed by atoms with E-state index in [1.807, 2.05) is 11.5 Å². The van der Waals surface area contributed by atoms with Gasteiger partial charge in [-0.2, -0.15) is 0 Å². The van der Waals surface area contributed by atoms with Gasteiger partial charge < -0.3 is 0 Å². The molecule has 11 heavy (non-hydrogen) atoms. The molecule has 0 radical (unpaired) electrons. The van der Waals surface area contributed by atoms with Crippen molar-refractivity contribution in [1.29, 1.82) is 0 Å². The molecule has 0 aromatic carbocycles. The van der Waals surface area contributed by atoms with Gasteiger partial charge in [0, 0.05) is 26.2 Å². The van der Waals surface area contributed by atoms with Gasteiger partial charge in [0.25, 0.3) is 0 Å². The quantitative estimate of drug-likeness (QED) is 0.592. The number of hydrogen-bond donors (Lipinski definition) is 0. The van der Waals surface area contributed by atoms with Crippen molar-refractivity contribution in [3.05, 3.63) is 0 Å². The Labute approximate surface area is 78.3 Å². The summed E-state index contributed by atoms with van der Waals surface area (Å²) in [6.07, 6.45) is 1.13. The number of likely N-dealkylation sites (N-methyl/N-ethyl adjacent to an activating group) is 1. The fourth-order valence-corrected chi connectivity index (χ4v) is 1.97. The van der Waals surface area contributed by atoms with E-state index in [1.165, 1.54) is 0 Å². The van der Waals surface area contributed by atoms with Gasteiger partial charge in [0.15, 0.2) is 0 Å². The molecule has 0 saturated carbocycles. The highest BCUT2D eigenvalue weighted by Crippen LogP contribution is 2.22. The molecule has 0 aliphatic carbocycles. The zero-order valence-electron chi connectivity index (χ0n) is 6.93. The molecular formula is C7H14Cl2N2. The second-order valence-corrected chi connectivity index (χ2v) is 4.24. The number of rotatable bonds is 1.